The van der Waals surface area contributed by atoms with Crippen LogP contribution in [0.15, 0.2) is 48.5 Å². The van der Waals surface area contributed by atoms with Crippen molar-refractivity contribution in [3.05, 3.63) is 70.2 Å². The third kappa shape index (κ3) is 2.43. The zero-order valence-corrected chi connectivity index (χ0v) is 11.4. The predicted octanol–water partition coefficient (Wildman–Crippen LogP) is 4.64. The lowest BCUT2D eigenvalue weighted by molar-refractivity contribution is 0.0957. The molecule has 1 aliphatic carbocycles. The molecule has 0 radical (unpaired) electrons. The largest absolute Gasteiger partial charge is 0.293 e. The molecule has 2 heteroatoms. The van der Waals surface area contributed by atoms with Crippen molar-refractivity contribution in [2.75, 3.05) is 0 Å². The van der Waals surface area contributed by atoms with Crippen molar-refractivity contribution in [1.29, 1.82) is 0 Å². The molecule has 3 rings (SSSR count). The summed E-state index contributed by atoms with van der Waals surface area (Å²) >= 11 is 5.92. The van der Waals surface area contributed by atoms with Gasteiger partial charge in [-0.25, -0.2) is 0 Å². The first kappa shape index (κ1) is 12.4. The summed E-state index contributed by atoms with van der Waals surface area (Å²) in [6.07, 6.45) is 2.96. The van der Waals surface area contributed by atoms with Gasteiger partial charge in [0, 0.05) is 16.5 Å². The molecule has 2 aromatic carbocycles. The van der Waals surface area contributed by atoms with Crippen LogP contribution in [0.1, 0.15) is 40.2 Å². The monoisotopic (exact) mass is 270 g/mol. The Bertz CT molecular complexity index is 601. The average molecular weight is 271 g/mol. The number of halogens is 1. The van der Waals surface area contributed by atoms with Crippen LogP contribution in [0.3, 0.4) is 0 Å². The zero-order chi connectivity index (χ0) is 13.2. The second-order valence-electron chi connectivity index (χ2n) is 5.02. The van der Waals surface area contributed by atoms with E-state index in [1.54, 1.807) is 0 Å². The second kappa shape index (κ2) is 5.18. The highest BCUT2D eigenvalue weighted by atomic mass is 35.5. The van der Waals surface area contributed by atoms with E-state index in [9.17, 15) is 4.79 Å². The second-order valence-corrected chi connectivity index (χ2v) is 5.45. The molecule has 0 N–H and O–H groups in total. The molecule has 1 aliphatic rings. The molecule has 0 bridgehead atoms. The van der Waals surface area contributed by atoms with Gasteiger partial charge in [-0.1, -0.05) is 48.0 Å². The van der Waals surface area contributed by atoms with Crippen LogP contribution >= 0.6 is 11.6 Å². The molecule has 0 saturated carbocycles. The highest BCUT2D eigenvalue weighted by molar-refractivity contribution is 6.30. The van der Waals surface area contributed by atoms with E-state index in [1.165, 1.54) is 5.56 Å². The lowest BCUT2D eigenvalue weighted by Gasteiger charge is -2.14. The topological polar surface area (TPSA) is 17.1 Å². The molecule has 0 amide bonds. The first-order chi connectivity index (χ1) is 9.25. The maximum atomic E-state index is 12.7. The van der Waals surface area contributed by atoms with Gasteiger partial charge in [-0.3, -0.25) is 4.79 Å². The van der Waals surface area contributed by atoms with Gasteiger partial charge in [-0.05, 0) is 42.5 Å². The standard InChI is InChI=1S/C17H15ClO/c18-14-10-8-13(9-11-14)16-7-3-5-12-4-1-2-6-15(12)17(16)19/h1-2,4,6,8-11,16H,3,5,7H2/t16-/m1/s1. The van der Waals surface area contributed by atoms with Gasteiger partial charge in [-0.2, -0.15) is 0 Å². The number of carbonyl (C=O) groups excluding carboxylic acids is 1. The minimum absolute atomic E-state index is 0.0269. The summed E-state index contributed by atoms with van der Waals surface area (Å²) in [7, 11) is 0. The van der Waals surface area contributed by atoms with Crippen LogP contribution in [0.4, 0.5) is 0 Å². The van der Waals surface area contributed by atoms with Crippen LogP contribution in [0.2, 0.25) is 5.02 Å². The van der Waals surface area contributed by atoms with Crippen molar-refractivity contribution in [2.24, 2.45) is 0 Å². The molecule has 0 saturated heterocycles. The van der Waals surface area contributed by atoms with Crippen molar-refractivity contribution in [2.45, 2.75) is 25.2 Å². The van der Waals surface area contributed by atoms with Crippen LogP contribution in [0, 0.1) is 0 Å². The van der Waals surface area contributed by atoms with E-state index in [4.69, 9.17) is 11.6 Å². The molecule has 2 aromatic rings. The third-order valence-electron chi connectivity index (χ3n) is 3.81. The molecule has 0 heterocycles. The van der Waals surface area contributed by atoms with Gasteiger partial charge in [-0.15, -0.1) is 0 Å². The number of benzene rings is 2. The Morgan fingerprint density at radius 3 is 2.53 bits per heavy atom. The number of carbonyl (C=O) groups is 1. The number of aryl methyl sites for hydroxylation is 1. The van der Waals surface area contributed by atoms with Crippen LogP contribution in [0.25, 0.3) is 0 Å². The molecule has 1 nitrogen and oxygen atoms in total. The van der Waals surface area contributed by atoms with Gasteiger partial charge >= 0.3 is 0 Å². The maximum absolute atomic E-state index is 12.7. The van der Waals surface area contributed by atoms with Crippen molar-refractivity contribution < 1.29 is 4.79 Å². The Labute approximate surface area is 118 Å². The predicted molar refractivity (Wildman–Crippen MR) is 77.9 cm³/mol. The highest BCUT2D eigenvalue weighted by Crippen LogP contribution is 2.32. The lowest BCUT2D eigenvalue weighted by Crippen LogP contribution is -2.12. The van der Waals surface area contributed by atoms with Crippen molar-refractivity contribution >= 4 is 17.4 Å². The molecule has 0 fully saturated rings. The minimum atomic E-state index is -0.0269. The third-order valence-corrected chi connectivity index (χ3v) is 4.06. The summed E-state index contributed by atoms with van der Waals surface area (Å²) in [6.45, 7) is 0. The number of Topliss-reactive ketones (excluding diaryl/α,β-unsaturated/α-hetero) is 1. The SMILES string of the molecule is O=C1c2ccccc2CCC[C@@H]1c1ccc(Cl)cc1. The number of hydrogen-bond acceptors (Lipinski definition) is 1. The first-order valence-corrected chi connectivity index (χ1v) is 7.01. The van der Waals surface area contributed by atoms with Gasteiger partial charge in [0.25, 0.3) is 0 Å². The first-order valence-electron chi connectivity index (χ1n) is 6.63. The van der Waals surface area contributed by atoms with Gasteiger partial charge in [0.2, 0.25) is 0 Å². The molecular formula is C17H15ClO. The quantitative estimate of drug-likeness (QED) is 0.690. The fourth-order valence-electron chi connectivity index (χ4n) is 2.81. The number of hydrogen-bond donors (Lipinski definition) is 0. The van der Waals surface area contributed by atoms with Crippen molar-refractivity contribution in [3.8, 4) is 0 Å². The van der Waals surface area contributed by atoms with Gasteiger partial charge < -0.3 is 0 Å². The molecule has 0 unspecified atom stereocenters. The normalized spacial score (nSPS) is 18.8. The maximum Gasteiger partial charge on any atom is 0.170 e. The van der Waals surface area contributed by atoms with Crippen LogP contribution in [0.5, 0.6) is 0 Å². The van der Waals surface area contributed by atoms with Crippen molar-refractivity contribution in [3.63, 3.8) is 0 Å². The summed E-state index contributed by atoms with van der Waals surface area (Å²) in [6, 6.07) is 15.6. The molecule has 96 valence electrons. The summed E-state index contributed by atoms with van der Waals surface area (Å²) in [5.41, 5.74) is 3.15. The van der Waals surface area contributed by atoms with Crippen LogP contribution in [-0.2, 0) is 6.42 Å². The molecule has 0 spiro atoms. The van der Waals surface area contributed by atoms with Crippen LogP contribution < -0.4 is 0 Å². The lowest BCUT2D eigenvalue weighted by atomic mass is 9.89. The minimum Gasteiger partial charge on any atom is -0.293 e. The number of fused-ring (bicyclic) bond motifs is 1. The molecule has 1 atom stereocenters. The fraction of sp³-hybridized carbons (Fsp3) is 0.235. The van der Waals surface area contributed by atoms with Gasteiger partial charge in [0.05, 0.1) is 0 Å². The van der Waals surface area contributed by atoms with E-state index in [1.807, 2.05) is 42.5 Å². The smallest absolute Gasteiger partial charge is 0.170 e. The van der Waals surface area contributed by atoms with Crippen molar-refractivity contribution in [1.82, 2.24) is 0 Å². The van der Waals surface area contributed by atoms with E-state index >= 15 is 0 Å². The Hall–Kier alpha value is -1.60. The van der Waals surface area contributed by atoms with Crippen LogP contribution in [-0.4, -0.2) is 5.78 Å². The molecule has 0 aromatic heterocycles. The van der Waals surface area contributed by atoms with Gasteiger partial charge in [0.1, 0.15) is 0 Å². The van der Waals surface area contributed by atoms with E-state index in [2.05, 4.69) is 6.07 Å². The zero-order valence-electron chi connectivity index (χ0n) is 10.6. The van der Waals surface area contributed by atoms with E-state index in [0.717, 1.165) is 30.4 Å². The fourth-order valence-corrected chi connectivity index (χ4v) is 2.93. The Balaban J connectivity index is 2.00. The summed E-state index contributed by atoms with van der Waals surface area (Å²) < 4.78 is 0. The average Bonchev–Trinajstić information content (AvgIpc) is 2.60. The van der Waals surface area contributed by atoms with E-state index < -0.39 is 0 Å². The Kier molecular flexibility index (Phi) is 3.39. The highest BCUT2D eigenvalue weighted by Gasteiger charge is 2.26. The Morgan fingerprint density at radius 2 is 1.74 bits per heavy atom. The molecular weight excluding hydrogens is 256 g/mol. The summed E-state index contributed by atoms with van der Waals surface area (Å²) in [5.74, 6) is 0.219. The number of ketones is 1. The summed E-state index contributed by atoms with van der Waals surface area (Å²) in [5, 5.41) is 0.713. The van der Waals surface area contributed by atoms with E-state index in [-0.39, 0.29) is 11.7 Å². The Morgan fingerprint density at radius 1 is 1.00 bits per heavy atom. The molecule has 19 heavy (non-hydrogen) atoms. The molecule has 0 aliphatic heterocycles. The van der Waals surface area contributed by atoms with Gasteiger partial charge in [0.15, 0.2) is 5.78 Å². The summed E-state index contributed by atoms with van der Waals surface area (Å²) in [4.78, 5) is 12.7. The van der Waals surface area contributed by atoms with E-state index in [0.29, 0.717) is 5.02 Å². The number of rotatable bonds is 1.